The highest BCUT2D eigenvalue weighted by molar-refractivity contribution is 6.31. The third kappa shape index (κ3) is 5.25. The highest BCUT2D eigenvalue weighted by atomic mass is 35.5. The van der Waals surface area contributed by atoms with E-state index in [4.69, 9.17) is 21.1 Å². The first kappa shape index (κ1) is 15.6. The molecule has 1 heterocycles. The van der Waals surface area contributed by atoms with E-state index in [0.717, 1.165) is 23.4 Å². The van der Waals surface area contributed by atoms with Crippen molar-refractivity contribution in [2.45, 2.75) is 6.42 Å². The van der Waals surface area contributed by atoms with Gasteiger partial charge in [-0.3, -0.25) is 4.98 Å². The van der Waals surface area contributed by atoms with E-state index >= 15 is 0 Å². The summed E-state index contributed by atoms with van der Waals surface area (Å²) in [6.45, 7) is 1.94. The Morgan fingerprint density at radius 3 is 2.67 bits per heavy atom. The average Bonchev–Trinajstić information content (AvgIpc) is 2.52. The molecule has 21 heavy (non-hydrogen) atoms. The molecule has 4 nitrogen and oxygen atoms in total. The number of ether oxygens (including phenoxy) is 2. The molecule has 1 N–H and O–H groups in total. The van der Waals surface area contributed by atoms with Crippen molar-refractivity contribution < 1.29 is 9.47 Å². The zero-order valence-corrected chi connectivity index (χ0v) is 12.8. The summed E-state index contributed by atoms with van der Waals surface area (Å²) in [7, 11) is 1.68. The van der Waals surface area contributed by atoms with Crippen LogP contribution in [0, 0.1) is 0 Å². The molecule has 1 aromatic heterocycles. The topological polar surface area (TPSA) is 43.4 Å². The van der Waals surface area contributed by atoms with Gasteiger partial charge in [0.15, 0.2) is 0 Å². The Labute approximate surface area is 130 Å². The van der Waals surface area contributed by atoms with E-state index in [1.54, 1.807) is 19.5 Å². The molecule has 0 atom stereocenters. The zero-order valence-electron chi connectivity index (χ0n) is 12.0. The number of halogens is 1. The van der Waals surface area contributed by atoms with Gasteiger partial charge < -0.3 is 14.8 Å². The number of hydrogen-bond acceptors (Lipinski definition) is 4. The molecule has 0 saturated heterocycles. The molecule has 0 spiro atoms. The van der Waals surface area contributed by atoms with Gasteiger partial charge in [0.1, 0.15) is 12.4 Å². The number of benzene rings is 1. The summed E-state index contributed by atoms with van der Waals surface area (Å²) in [4.78, 5) is 3.97. The monoisotopic (exact) mass is 306 g/mol. The number of methoxy groups -OCH3 is 1. The van der Waals surface area contributed by atoms with E-state index in [1.165, 1.54) is 0 Å². The molecule has 1 aromatic carbocycles. The summed E-state index contributed by atoms with van der Waals surface area (Å²) in [6.07, 6.45) is 4.31. The summed E-state index contributed by atoms with van der Waals surface area (Å²) >= 11 is 6.22. The van der Waals surface area contributed by atoms with Crippen LogP contribution in [-0.4, -0.2) is 31.9 Å². The van der Waals surface area contributed by atoms with Crippen LogP contribution in [0.3, 0.4) is 0 Å². The number of pyridine rings is 1. The Morgan fingerprint density at radius 2 is 1.95 bits per heavy atom. The fourth-order valence-electron chi connectivity index (χ4n) is 1.87. The van der Waals surface area contributed by atoms with Crippen molar-refractivity contribution >= 4 is 17.3 Å². The minimum absolute atomic E-state index is 0.566. The summed E-state index contributed by atoms with van der Waals surface area (Å²) in [5, 5.41) is 3.97. The molecule has 0 aliphatic heterocycles. The van der Waals surface area contributed by atoms with E-state index in [9.17, 15) is 0 Å². The minimum atomic E-state index is 0.566. The number of rotatable bonds is 8. The SMILES string of the molecule is COCCc1ccc(OCCNc2ccncc2)cc1Cl. The molecule has 2 aromatic rings. The molecule has 0 saturated carbocycles. The Balaban J connectivity index is 1.77. The summed E-state index contributed by atoms with van der Waals surface area (Å²) < 4.78 is 10.7. The van der Waals surface area contributed by atoms with Crippen LogP contribution in [0.4, 0.5) is 5.69 Å². The van der Waals surface area contributed by atoms with Gasteiger partial charge >= 0.3 is 0 Å². The van der Waals surface area contributed by atoms with Crippen LogP contribution < -0.4 is 10.1 Å². The maximum absolute atomic E-state index is 6.22. The van der Waals surface area contributed by atoms with Gasteiger partial charge in [0.25, 0.3) is 0 Å². The lowest BCUT2D eigenvalue weighted by molar-refractivity contribution is 0.202. The number of nitrogens with zero attached hydrogens (tertiary/aromatic N) is 1. The number of hydrogen-bond donors (Lipinski definition) is 1. The average molecular weight is 307 g/mol. The van der Waals surface area contributed by atoms with Gasteiger partial charge in [0.05, 0.1) is 6.61 Å². The van der Waals surface area contributed by atoms with Gasteiger partial charge in [-0.25, -0.2) is 0 Å². The Bertz CT molecular complexity index is 549. The number of nitrogens with one attached hydrogen (secondary N) is 1. The van der Waals surface area contributed by atoms with Gasteiger partial charge in [0.2, 0.25) is 0 Å². The van der Waals surface area contributed by atoms with Crippen LogP contribution in [0.5, 0.6) is 5.75 Å². The summed E-state index contributed by atoms with van der Waals surface area (Å²) in [5.41, 5.74) is 2.10. The molecule has 0 bridgehead atoms. The molecule has 112 valence electrons. The van der Waals surface area contributed by atoms with Crippen molar-refractivity contribution in [3.05, 3.63) is 53.3 Å². The van der Waals surface area contributed by atoms with Crippen molar-refractivity contribution in [1.82, 2.24) is 4.98 Å². The molecule has 0 unspecified atom stereocenters. The fourth-order valence-corrected chi connectivity index (χ4v) is 2.13. The van der Waals surface area contributed by atoms with Crippen molar-refractivity contribution in [2.24, 2.45) is 0 Å². The zero-order chi connectivity index (χ0) is 14.9. The van der Waals surface area contributed by atoms with Crippen molar-refractivity contribution in [3.63, 3.8) is 0 Å². The predicted molar refractivity (Wildman–Crippen MR) is 85.3 cm³/mol. The predicted octanol–water partition coefficient (Wildman–Crippen LogP) is 3.41. The molecule has 2 rings (SSSR count). The van der Waals surface area contributed by atoms with Gasteiger partial charge in [0, 0.05) is 36.8 Å². The second kappa shape index (κ2) is 8.49. The molecule has 0 amide bonds. The van der Waals surface area contributed by atoms with E-state index < -0.39 is 0 Å². The molecule has 0 aliphatic rings. The fraction of sp³-hybridized carbons (Fsp3) is 0.312. The largest absolute Gasteiger partial charge is 0.492 e. The third-order valence-electron chi connectivity index (χ3n) is 2.98. The van der Waals surface area contributed by atoms with E-state index in [0.29, 0.717) is 24.8 Å². The van der Waals surface area contributed by atoms with Crippen molar-refractivity contribution in [3.8, 4) is 5.75 Å². The van der Waals surface area contributed by atoms with E-state index in [2.05, 4.69) is 10.3 Å². The highest BCUT2D eigenvalue weighted by Crippen LogP contribution is 2.23. The summed E-state index contributed by atoms with van der Waals surface area (Å²) in [6, 6.07) is 9.60. The van der Waals surface area contributed by atoms with Crippen LogP contribution in [0.1, 0.15) is 5.56 Å². The first-order chi connectivity index (χ1) is 10.3. The van der Waals surface area contributed by atoms with Gasteiger partial charge in [-0.15, -0.1) is 0 Å². The molecule has 5 heteroatoms. The Kier molecular flexibility index (Phi) is 6.31. The normalized spacial score (nSPS) is 10.4. The lowest BCUT2D eigenvalue weighted by atomic mass is 10.1. The molecule has 0 radical (unpaired) electrons. The molecule has 0 aliphatic carbocycles. The molecule has 0 fully saturated rings. The second-order valence-electron chi connectivity index (χ2n) is 4.51. The second-order valence-corrected chi connectivity index (χ2v) is 4.91. The lowest BCUT2D eigenvalue weighted by Crippen LogP contribution is -2.11. The van der Waals surface area contributed by atoms with Crippen LogP contribution in [0.2, 0.25) is 5.02 Å². The van der Waals surface area contributed by atoms with Crippen LogP contribution in [0.25, 0.3) is 0 Å². The van der Waals surface area contributed by atoms with E-state index in [1.807, 2.05) is 30.3 Å². The van der Waals surface area contributed by atoms with Gasteiger partial charge in [-0.1, -0.05) is 17.7 Å². The maximum atomic E-state index is 6.22. The lowest BCUT2D eigenvalue weighted by Gasteiger charge is -2.10. The maximum Gasteiger partial charge on any atom is 0.120 e. The van der Waals surface area contributed by atoms with E-state index in [-0.39, 0.29) is 0 Å². The molecular formula is C16H19ClN2O2. The number of anilines is 1. The standard InChI is InChI=1S/C16H19ClN2O2/c1-20-10-6-13-2-3-15(12-16(13)17)21-11-9-19-14-4-7-18-8-5-14/h2-5,7-8,12H,6,9-11H2,1H3,(H,18,19). The minimum Gasteiger partial charge on any atom is -0.492 e. The summed E-state index contributed by atoms with van der Waals surface area (Å²) in [5.74, 6) is 0.776. The van der Waals surface area contributed by atoms with Crippen LogP contribution in [-0.2, 0) is 11.2 Å². The Hall–Kier alpha value is -1.78. The first-order valence-corrected chi connectivity index (χ1v) is 7.21. The first-order valence-electron chi connectivity index (χ1n) is 6.83. The van der Waals surface area contributed by atoms with Crippen LogP contribution in [0.15, 0.2) is 42.7 Å². The quantitative estimate of drug-likeness (QED) is 0.759. The number of aromatic nitrogens is 1. The van der Waals surface area contributed by atoms with Crippen molar-refractivity contribution in [1.29, 1.82) is 0 Å². The van der Waals surface area contributed by atoms with Gasteiger partial charge in [-0.2, -0.15) is 0 Å². The van der Waals surface area contributed by atoms with Crippen LogP contribution >= 0.6 is 11.6 Å². The highest BCUT2D eigenvalue weighted by Gasteiger charge is 2.02. The van der Waals surface area contributed by atoms with Crippen molar-refractivity contribution in [2.75, 3.05) is 32.2 Å². The van der Waals surface area contributed by atoms with Gasteiger partial charge in [-0.05, 0) is 36.2 Å². The smallest absolute Gasteiger partial charge is 0.120 e. The molecular weight excluding hydrogens is 288 g/mol. The Morgan fingerprint density at radius 1 is 1.14 bits per heavy atom. The third-order valence-corrected chi connectivity index (χ3v) is 3.33.